The van der Waals surface area contributed by atoms with Crippen molar-refractivity contribution < 1.29 is 28.5 Å². The van der Waals surface area contributed by atoms with Crippen LogP contribution in [0.2, 0.25) is 0 Å². The number of aromatic nitrogens is 2. The van der Waals surface area contributed by atoms with Gasteiger partial charge in [-0.1, -0.05) is 44.2 Å². The number of aliphatic hydroxyl groups excluding tert-OH is 1. The van der Waals surface area contributed by atoms with Crippen LogP contribution in [0.15, 0.2) is 60.7 Å². The molecule has 180 valence electrons. The maximum absolute atomic E-state index is 13.6. The van der Waals surface area contributed by atoms with E-state index < -0.39 is 26.5 Å². The van der Waals surface area contributed by atoms with Gasteiger partial charge in [0.2, 0.25) is 0 Å². The Morgan fingerprint density at radius 1 is 1.18 bits per heavy atom. The summed E-state index contributed by atoms with van der Waals surface area (Å²) in [5, 5.41) is 23.2. The molecule has 1 heterocycles. The van der Waals surface area contributed by atoms with Crippen LogP contribution in [-0.4, -0.2) is 44.8 Å². The van der Waals surface area contributed by atoms with Crippen molar-refractivity contribution in [3.05, 3.63) is 77.7 Å². The highest BCUT2D eigenvalue weighted by Gasteiger charge is 2.21. The average molecular weight is 486 g/mol. The SMILES string of the molecule is CC(C)c1nn(-c2ccccc2)c(-c2ccc(F)cc2)c1C=CCO[PH](=O)CC(O)CC(=O)O. The molecular weight excluding hydrogens is 458 g/mol. The van der Waals surface area contributed by atoms with E-state index in [0.29, 0.717) is 0 Å². The van der Waals surface area contributed by atoms with Gasteiger partial charge in [-0.25, -0.2) is 9.07 Å². The second kappa shape index (κ2) is 11.9. The Morgan fingerprint density at radius 3 is 2.47 bits per heavy atom. The van der Waals surface area contributed by atoms with Gasteiger partial charge >= 0.3 is 5.97 Å². The van der Waals surface area contributed by atoms with Crippen molar-refractivity contribution in [2.45, 2.75) is 32.3 Å². The van der Waals surface area contributed by atoms with Gasteiger partial charge in [0.05, 0.1) is 36.2 Å². The van der Waals surface area contributed by atoms with Crippen LogP contribution in [0.3, 0.4) is 0 Å². The third-order valence-electron chi connectivity index (χ3n) is 5.05. The number of aliphatic hydroxyl groups is 1. The molecule has 0 amide bonds. The molecule has 0 aliphatic carbocycles. The van der Waals surface area contributed by atoms with Crippen LogP contribution < -0.4 is 0 Å². The van der Waals surface area contributed by atoms with Gasteiger partial charge in [0.1, 0.15) is 5.82 Å². The largest absolute Gasteiger partial charge is 0.481 e. The fraction of sp³-hybridized carbons (Fsp3) is 0.280. The second-order valence-electron chi connectivity index (χ2n) is 8.10. The molecule has 34 heavy (non-hydrogen) atoms. The summed E-state index contributed by atoms with van der Waals surface area (Å²) in [5.41, 5.74) is 4.10. The quantitative estimate of drug-likeness (QED) is 0.364. The highest BCUT2D eigenvalue weighted by Crippen LogP contribution is 2.34. The van der Waals surface area contributed by atoms with E-state index in [1.54, 1.807) is 18.2 Å². The molecule has 2 N–H and O–H groups in total. The molecule has 0 saturated heterocycles. The summed E-state index contributed by atoms with van der Waals surface area (Å²) in [6, 6.07) is 15.8. The Kier molecular flexibility index (Phi) is 8.93. The number of nitrogens with zero attached hydrogens (tertiary/aromatic N) is 2. The molecule has 0 radical (unpaired) electrons. The van der Waals surface area contributed by atoms with Gasteiger partial charge in [0, 0.05) is 17.3 Å². The van der Waals surface area contributed by atoms with Crippen molar-refractivity contribution in [1.29, 1.82) is 0 Å². The summed E-state index contributed by atoms with van der Waals surface area (Å²) in [7, 11) is -2.59. The molecule has 9 heteroatoms. The summed E-state index contributed by atoms with van der Waals surface area (Å²) in [6.07, 6.45) is 1.64. The van der Waals surface area contributed by atoms with Crippen LogP contribution in [0.5, 0.6) is 0 Å². The second-order valence-corrected chi connectivity index (χ2v) is 9.54. The molecule has 3 rings (SSSR count). The van der Waals surface area contributed by atoms with E-state index >= 15 is 0 Å². The standard InChI is InChI=1S/C25H28FN2O5P/c1-17(2)24-22(9-6-14-33-34(32)16-21(29)15-23(30)31)25(18-10-12-19(26)13-11-18)28(27-24)20-7-4-3-5-8-20/h3-13,17,21,29,34H,14-16H2,1-2H3,(H,30,31). The summed E-state index contributed by atoms with van der Waals surface area (Å²) in [6.45, 7) is 4.08. The minimum atomic E-state index is -2.59. The highest BCUT2D eigenvalue weighted by molar-refractivity contribution is 7.39. The number of benzene rings is 2. The van der Waals surface area contributed by atoms with Gasteiger partial charge in [0.15, 0.2) is 8.03 Å². The molecular formula is C25H28FN2O5P. The maximum atomic E-state index is 13.6. The van der Waals surface area contributed by atoms with E-state index in [2.05, 4.69) is 0 Å². The van der Waals surface area contributed by atoms with Crippen molar-refractivity contribution in [2.75, 3.05) is 12.8 Å². The molecule has 7 nitrogen and oxygen atoms in total. The van der Waals surface area contributed by atoms with Crippen LogP contribution >= 0.6 is 8.03 Å². The van der Waals surface area contributed by atoms with E-state index in [9.17, 15) is 18.9 Å². The molecule has 0 bridgehead atoms. The lowest BCUT2D eigenvalue weighted by atomic mass is 9.99. The maximum Gasteiger partial charge on any atom is 0.305 e. The first-order valence-corrected chi connectivity index (χ1v) is 12.4. The fourth-order valence-electron chi connectivity index (χ4n) is 3.51. The lowest BCUT2D eigenvalue weighted by Crippen LogP contribution is -2.15. The van der Waals surface area contributed by atoms with Gasteiger partial charge in [-0.2, -0.15) is 5.10 Å². The van der Waals surface area contributed by atoms with Crippen LogP contribution in [0, 0.1) is 5.82 Å². The van der Waals surface area contributed by atoms with E-state index in [1.165, 1.54) is 12.1 Å². The first-order valence-electron chi connectivity index (χ1n) is 10.9. The van der Waals surface area contributed by atoms with E-state index in [0.717, 1.165) is 28.2 Å². The Morgan fingerprint density at radius 2 is 1.85 bits per heavy atom. The first kappa shape index (κ1) is 25.6. The van der Waals surface area contributed by atoms with Crippen LogP contribution in [0.4, 0.5) is 4.39 Å². The zero-order chi connectivity index (χ0) is 24.7. The number of halogens is 1. The molecule has 0 spiro atoms. The fourth-order valence-corrected chi connectivity index (χ4v) is 4.44. The Bertz CT molecular complexity index is 1160. The predicted molar refractivity (Wildman–Crippen MR) is 130 cm³/mol. The summed E-state index contributed by atoms with van der Waals surface area (Å²) in [4.78, 5) is 10.6. The van der Waals surface area contributed by atoms with Crippen molar-refractivity contribution >= 4 is 20.1 Å². The zero-order valence-corrected chi connectivity index (χ0v) is 20.0. The number of rotatable bonds is 11. The number of carbonyl (C=O) groups is 1. The number of carboxylic acids is 1. The molecule has 3 aromatic rings. The average Bonchev–Trinajstić information content (AvgIpc) is 3.17. The Balaban J connectivity index is 1.91. The molecule has 2 unspecified atom stereocenters. The summed E-state index contributed by atoms with van der Waals surface area (Å²) >= 11 is 0. The molecule has 2 atom stereocenters. The number of carboxylic acid groups (broad SMARTS) is 1. The number of para-hydroxylation sites is 1. The summed E-state index contributed by atoms with van der Waals surface area (Å²) < 4.78 is 32.8. The summed E-state index contributed by atoms with van der Waals surface area (Å²) in [5.74, 6) is -1.40. The van der Waals surface area contributed by atoms with Gasteiger partial charge < -0.3 is 14.7 Å². The van der Waals surface area contributed by atoms with Gasteiger partial charge in [-0.15, -0.1) is 0 Å². The predicted octanol–water partition coefficient (Wildman–Crippen LogP) is 5.14. The molecule has 0 saturated carbocycles. The lowest BCUT2D eigenvalue weighted by molar-refractivity contribution is -0.138. The van der Waals surface area contributed by atoms with Crippen LogP contribution in [-0.2, 0) is 13.9 Å². The third-order valence-corrected chi connectivity index (χ3v) is 6.35. The van der Waals surface area contributed by atoms with Crippen molar-refractivity contribution in [1.82, 2.24) is 9.78 Å². The normalized spacial score (nSPS) is 13.4. The van der Waals surface area contributed by atoms with Gasteiger partial charge in [0.25, 0.3) is 0 Å². The minimum absolute atomic E-state index is 0.0223. The van der Waals surface area contributed by atoms with Crippen molar-refractivity contribution in [2.24, 2.45) is 0 Å². The van der Waals surface area contributed by atoms with Gasteiger partial charge in [-0.3, -0.25) is 9.36 Å². The number of hydrogen-bond acceptors (Lipinski definition) is 5. The first-order chi connectivity index (χ1) is 16.3. The molecule has 1 aromatic heterocycles. The Labute approximate surface area is 198 Å². The number of aliphatic carboxylic acids is 1. The topological polar surface area (TPSA) is 102 Å². The Hall–Kier alpha value is -3.06. The van der Waals surface area contributed by atoms with E-state index in [1.807, 2.05) is 54.9 Å². The van der Waals surface area contributed by atoms with Gasteiger partial charge in [-0.05, 0) is 42.3 Å². The monoisotopic (exact) mass is 486 g/mol. The van der Waals surface area contributed by atoms with Crippen LogP contribution in [0.1, 0.15) is 37.4 Å². The molecule has 0 fully saturated rings. The number of hydrogen-bond donors (Lipinski definition) is 2. The smallest absolute Gasteiger partial charge is 0.305 e. The molecule has 0 aliphatic rings. The van der Waals surface area contributed by atoms with Crippen LogP contribution in [0.25, 0.3) is 23.0 Å². The molecule has 0 aliphatic heterocycles. The minimum Gasteiger partial charge on any atom is -0.481 e. The lowest BCUT2D eigenvalue weighted by Gasteiger charge is -2.09. The van der Waals surface area contributed by atoms with Crippen molar-refractivity contribution in [3.63, 3.8) is 0 Å². The van der Waals surface area contributed by atoms with E-state index in [4.69, 9.17) is 14.7 Å². The van der Waals surface area contributed by atoms with E-state index in [-0.39, 0.29) is 24.5 Å². The van der Waals surface area contributed by atoms with Crippen molar-refractivity contribution in [3.8, 4) is 16.9 Å². The third kappa shape index (κ3) is 6.73. The molecule has 2 aromatic carbocycles. The highest BCUT2D eigenvalue weighted by atomic mass is 31.1. The zero-order valence-electron chi connectivity index (χ0n) is 19.0.